The number of benzene rings is 1. The van der Waals surface area contributed by atoms with Crippen LogP contribution < -0.4 is 10.1 Å². The molecular formula is C22H31N3O2S. The Morgan fingerprint density at radius 3 is 2.54 bits per heavy atom. The number of nitrogens with one attached hydrogen (secondary N) is 1. The van der Waals surface area contributed by atoms with Crippen LogP contribution in [0.1, 0.15) is 27.4 Å². The lowest BCUT2D eigenvalue weighted by Gasteiger charge is -2.32. The molecule has 1 saturated heterocycles. The van der Waals surface area contributed by atoms with Crippen LogP contribution in [0, 0.1) is 6.92 Å². The number of carbonyl (C=O) groups excluding carboxylic acids is 1. The minimum atomic E-state index is 0.0347. The number of thiophene rings is 1. The van der Waals surface area contributed by atoms with E-state index in [1.54, 1.807) is 18.4 Å². The maximum absolute atomic E-state index is 12.5. The molecule has 5 nitrogen and oxygen atoms in total. The van der Waals surface area contributed by atoms with Crippen molar-refractivity contribution in [2.45, 2.75) is 19.8 Å². The Kier molecular flexibility index (Phi) is 7.48. The fraction of sp³-hybridized carbons (Fsp3) is 0.500. The molecule has 1 aromatic heterocycles. The Hall–Kier alpha value is -1.89. The van der Waals surface area contributed by atoms with Crippen molar-refractivity contribution < 1.29 is 9.53 Å². The van der Waals surface area contributed by atoms with Crippen molar-refractivity contribution in [1.82, 2.24) is 15.1 Å². The van der Waals surface area contributed by atoms with E-state index in [-0.39, 0.29) is 5.91 Å². The van der Waals surface area contributed by atoms with Crippen molar-refractivity contribution in [3.8, 4) is 16.9 Å². The van der Waals surface area contributed by atoms with Crippen molar-refractivity contribution in [3.05, 3.63) is 40.1 Å². The SMILES string of the molecule is COc1ccc(-c2cc(C(=O)NCCCCN3CCN(C)CC3)sc2C)cc1. The van der Waals surface area contributed by atoms with Crippen LogP contribution in [-0.2, 0) is 0 Å². The number of piperazine rings is 1. The van der Waals surface area contributed by atoms with Crippen LogP contribution in [0.3, 0.4) is 0 Å². The van der Waals surface area contributed by atoms with E-state index in [4.69, 9.17) is 4.74 Å². The highest BCUT2D eigenvalue weighted by Gasteiger charge is 2.15. The highest BCUT2D eigenvalue weighted by molar-refractivity contribution is 7.14. The van der Waals surface area contributed by atoms with E-state index in [0.29, 0.717) is 0 Å². The molecule has 0 spiro atoms. The highest BCUT2D eigenvalue weighted by Crippen LogP contribution is 2.32. The molecule has 1 fully saturated rings. The number of rotatable bonds is 8. The first kappa shape index (κ1) is 20.8. The van der Waals surface area contributed by atoms with Gasteiger partial charge in [0, 0.05) is 37.6 Å². The Labute approximate surface area is 172 Å². The third-order valence-electron chi connectivity index (χ3n) is 5.33. The number of methoxy groups -OCH3 is 1. The van der Waals surface area contributed by atoms with Crippen LogP contribution in [0.5, 0.6) is 5.75 Å². The summed E-state index contributed by atoms with van der Waals surface area (Å²) in [4.78, 5) is 19.3. The number of hydrogen-bond acceptors (Lipinski definition) is 5. The number of carbonyl (C=O) groups is 1. The van der Waals surface area contributed by atoms with Gasteiger partial charge >= 0.3 is 0 Å². The van der Waals surface area contributed by atoms with Crippen LogP contribution >= 0.6 is 11.3 Å². The molecule has 1 amide bonds. The van der Waals surface area contributed by atoms with Gasteiger partial charge in [-0.05, 0) is 62.7 Å². The molecule has 28 heavy (non-hydrogen) atoms. The molecular weight excluding hydrogens is 370 g/mol. The van der Waals surface area contributed by atoms with Crippen molar-refractivity contribution >= 4 is 17.2 Å². The van der Waals surface area contributed by atoms with Crippen LogP contribution in [0.4, 0.5) is 0 Å². The molecule has 0 saturated carbocycles. The van der Waals surface area contributed by atoms with Crippen LogP contribution in [0.15, 0.2) is 30.3 Å². The van der Waals surface area contributed by atoms with Gasteiger partial charge in [0.25, 0.3) is 5.91 Å². The van der Waals surface area contributed by atoms with Gasteiger partial charge in [0.2, 0.25) is 0 Å². The molecule has 2 heterocycles. The number of likely N-dealkylation sites (N-methyl/N-ethyl adjacent to an activating group) is 1. The minimum absolute atomic E-state index is 0.0347. The molecule has 1 aliphatic rings. The zero-order valence-electron chi connectivity index (χ0n) is 17.2. The standard InChI is InChI=1S/C22H31N3O2S/c1-17-20(18-6-8-19(27-3)9-7-18)16-21(28-17)22(26)23-10-4-5-11-25-14-12-24(2)13-15-25/h6-9,16H,4-5,10-15H2,1-3H3,(H,23,26). The molecule has 1 aliphatic heterocycles. The summed E-state index contributed by atoms with van der Waals surface area (Å²) in [6.07, 6.45) is 2.15. The van der Waals surface area contributed by atoms with Crippen LogP contribution in [0.2, 0.25) is 0 Å². The normalized spacial score (nSPS) is 15.5. The quantitative estimate of drug-likeness (QED) is 0.688. The first-order chi connectivity index (χ1) is 13.6. The molecule has 152 valence electrons. The van der Waals surface area contributed by atoms with Crippen LogP contribution in [-0.4, -0.2) is 69.1 Å². The summed E-state index contributed by atoms with van der Waals surface area (Å²) in [5.74, 6) is 0.874. The lowest BCUT2D eigenvalue weighted by molar-refractivity contribution is 0.0956. The van der Waals surface area contributed by atoms with E-state index >= 15 is 0 Å². The molecule has 0 unspecified atom stereocenters. The Balaban J connectivity index is 1.44. The summed E-state index contributed by atoms with van der Waals surface area (Å²) in [6.45, 7) is 8.56. The smallest absolute Gasteiger partial charge is 0.261 e. The van der Waals surface area contributed by atoms with Gasteiger partial charge in [0.1, 0.15) is 5.75 Å². The topological polar surface area (TPSA) is 44.8 Å². The molecule has 0 bridgehead atoms. The molecule has 1 aromatic carbocycles. The summed E-state index contributed by atoms with van der Waals surface area (Å²) < 4.78 is 5.22. The lowest BCUT2D eigenvalue weighted by Crippen LogP contribution is -2.44. The van der Waals surface area contributed by atoms with E-state index in [1.165, 1.54) is 0 Å². The minimum Gasteiger partial charge on any atom is -0.497 e. The molecule has 0 atom stereocenters. The van der Waals surface area contributed by atoms with Crippen molar-refractivity contribution in [1.29, 1.82) is 0 Å². The van der Waals surface area contributed by atoms with E-state index in [1.807, 2.05) is 30.3 Å². The zero-order valence-corrected chi connectivity index (χ0v) is 18.0. The highest BCUT2D eigenvalue weighted by atomic mass is 32.1. The average molecular weight is 402 g/mol. The first-order valence-electron chi connectivity index (χ1n) is 10.0. The first-order valence-corrected chi connectivity index (χ1v) is 10.8. The van der Waals surface area contributed by atoms with E-state index < -0.39 is 0 Å². The molecule has 1 N–H and O–H groups in total. The number of amides is 1. The van der Waals surface area contributed by atoms with Gasteiger partial charge in [-0.2, -0.15) is 0 Å². The van der Waals surface area contributed by atoms with E-state index in [2.05, 4.69) is 29.1 Å². The molecule has 2 aromatic rings. The number of ether oxygens (including phenoxy) is 1. The fourth-order valence-corrected chi connectivity index (χ4v) is 4.43. The van der Waals surface area contributed by atoms with Crippen LogP contribution in [0.25, 0.3) is 11.1 Å². The second-order valence-electron chi connectivity index (χ2n) is 7.42. The monoisotopic (exact) mass is 401 g/mol. The molecule has 0 radical (unpaired) electrons. The maximum atomic E-state index is 12.5. The van der Waals surface area contributed by atoms with Crippen molar-refractivity contribution in [2.75, 3.05) is 53.4 Å². The second-order valence-corrected chi connectivity index (χ2v) is 8.67. The third-order valence-corrected chi connectivity index (χ3v) is 6.37. The summed E-state index contributed by atoms with van der Waals surface area (Å²) in [6, 6.07) is 9.97. The third kappa shape index (κ3) is 5.56. The van der Waals surface area contributed by atoms with Gasteiger partial charge in [-0.15, -0.1) is 11.3 Å². The second kappa shape index (κ2) is 10.0. The summed E-state index contributed by atoms with van der Waals surface area (Å²) in [5, 5.41) is 3.08. The Morgan fingerprint density at radius 2 is 1.86 bits per heavy atom. The largest absolute Gasteiger partial charge is 0.497 e. The summed E-state index contributed by atoms with van der Waals surface area (Å²) in [5.41, 5.74) is 2.23. The van der Waals surface area contributed by atoms with E-state index in [0.717, 1.165) is 78.7 Å². The lowest BCUT2D eigenvalue weighted by atomic mass is 10.1. The zero-order chi connectivity index (χ0) is 19.9. The molecule has 6 heteroatoms. The van der Waals surface area contributed by atoms with Gasteiger partial charge in [-0.25, -0.2) is 0 Å². The van der Waals surface area contributed by atoms with Gasteiger partial charge in [-0.1, -0.05) is 12.1 Å². The van der Waals surface area contributed by atoms with E-state index in [9.17, 15) is 4.79 Å². The Morgan fingerprint density at radius 1 is 1.14 bits per heavy atom. The number of unbranched alkanes of at least 4 members (excludes halogenated alkanes) is 1. The maximum Gasteiger partial charge on any atom is 0.261 e. The summed E-state index contributed by atoms with van der Waals surface area (Å²) in [7, 11) is 3.84. The Bertz CT molecular complexity index is 765. The van der Waals surface area contributed by atoms with Gasteiger partial charge < -0.3 is 19.9 Å². The van der Waals surface area contributed by atoms with Gasteiger partial charge in [0.15, 0.2) is 0 Å². The predicted octanol–water partition coefficient (Wildman–Crippen LogP) is 3.49. The average Bonchev–Trinajstić information content (AvgIpc) is 3.11. The number of aryl methyl sites for hydroxylation is 1. The summed E-state index contributed by atoms with van der Waals surface area (Å²) >= 11 is 1.56. The number of hydrogen-bond donors (Lipinski definition) is 1. The number of nitrogens with zero attached hydrogens (tertiary/aromatic N) is 2. The predicted molar refractivity (Wildman–Crippen MR) is 117 cm³/mol. The van der Waals surface area contributed by atoms with Gasteiger partial charge in [0.05, 0.1) is 12.0 Å². The van der Waals surface area contributed by atoms with Gasteiger partial charge in [-0.3, -0.25) is 4.79 Å². The molecule has 3 rings (SSSR count). The van der Waals surface area contributed by atoms with Crippen molar-refractivity contribution in [3.63, 3.8) is 0 Å². The molecule has 0 aliphatic carbocycles. The van der Waals surface area contributed by atoms with Crippen molar-refractivity contribution in [2.24, 2.45) is 0 Å². The fourth-order valence-electron chi connectivity index (χ4n) is 3.47.